The van der Waals surface area contributed by atoms with E-state index in [1.54, 1.807) is 0 Å². The SMILES string of the molecule is IC1CNCCC2(COC2)C1. The summed E-state index contributed by atoms with van der Waals surface area (Å²) in [7, 11) is 0. The Balaban J connectivity index is 1.97. The molecule has 2 aliphatic rings. The lowest BCUT2D eigenvalue weighted by Gasteiger charge is -2.41. The molecule has 0 saturated carbocycles. The van der Waals surface area contributed by atoms with Crippen molar-refractivity contribution in [2.75, 3.05) is 26.3 Å². The third-order valence-corrected chi connectivity index (χ3v) is 3.55. The van der Waals surface area contributed by atoms with Gasteiger partial charge in [-0.25, -0.2) is 0 Å². The van der Waals surface area contributed by atoms with Gasteiger partial charge in [-0.1, -0.05) is 22.6 Å². The first-order chi connectivity index (χ1) is 5.31. The van der Waals surface area contributed by atoms with Crippen molar-refractivity contribution in [3.63, 3.8) is 0 Å². The minimum Gasteiger partial charge on any atom is -0.380 e. The highest BCUT2D eigenvalue weighted by Gasteiger charge is 2.40. The highest BCUT2D eigenvalue weighted by molar-refractivity contribution is 14.1. The smallest absolute Gasteiger partial charge is 0.0545 e. The second-order valence-electron chi connectivity index (χ2n) is 3.75. The summed E-state index contributed by atoms with van der Waals surface area (Å²) in [6.45, 7) is 4.38. The van der Waals surface area contributed by atoms with Crippen LogP contribution in [0.5, 0.6) is 0 Å². The minimum absolute atomic E-state index is 0.565. The van der Waals surface area contributed by atoms with Gasteiger partial charge in [0.1, 0.15) is 0 Å². The molecule has 0 bridgehead atoms. The number of hydrogen-bond donors (Lipinski definition) is 1. The number of halogens is 1. The van der Waals surface area contributed by atoms with E-state index in [-0.39, 0.29) is 0 Å². The van der Waals surface area contributed by atoms with Crippen LogP contribution in [0.3, 0.4) is 0 Å². The van der Waals surface area contributed by atoms with Gasteiger partial charge in [-0.2, -0.15) is 0 Å². The van der Waals surface area contributed by atoms with Gasteiger partial charge in [-0.05, 0) is 19.4 Å². The van der Waals surface area contributed by atoms with E-state index >= 15 is 0 Å². The van der Waals surface area contributed by atoms with Crippen LogP contribution in [-0.2, 0) is 4.74 Å². The maximum absolute atomic E-state index is 5.29. The number of hydrogen-bond acceptors (Lipinski definition) is 2. The van der Waals surface area contributed by atoms with Gasteiger partial charge >= 0.3 is 0 Å². The molecule has 64 valence electrons. The van der Waals surface area contributed by atoms with Crippen molar-refractivity contribution in [1.82, 2.24) is 5.32 Å². The lowest BCUT2D eigenvalue weighted by atomic mass is 9.79. The summed E-state index contributed by atoms with van der Waals surface area (Å²) in [4.78, 5) is 0. The average molecular weight is 267 g/mol. The quantitative estimate of drug-likeness (QED) is 0.526. The molecular formula is C8H14INO. The van der Waals surface area contributed by atoms with Crippen LogP contribution in [0, 0.1) is 5.41 Å². The molecule has 2 saturated heterocycles. The van der Waals surface area contributed by atoms with Gasteiger partial charge < -0.3 is 10.1 Å². The van der Waals surface area contributed by atoms with Crippen molar-refractivity contribution in [3.05, 3.63) is 0 Å². The topological polar surface area (TPSA) is 21.3 Å². The molecule has 2 aliphatic heterocycles. The fourth-order valence-corrected chi connectivity index (χ4v) is 3.15. The molecule has 0 aromatic carbocycles. The number of rotatable bonds is 0. The maximum atomic E-state index is 5.29. The molecular weight excluding hydrogens is 253 g/mol. The molecule has 0 aromatic rings. The first kappa shape index (κ1) is 8.26. The van der Waals surface area contributed by atoms with Crippen molar-refractivity contribution >= 4 is 22.6 Å². The van der Waals surface area contributed by atoms with E-state index in [2.05, 4.69) is 27.9 Å². The number of ether oxygens (including phenoxy) is 1. The highest BCUT2D eigenvalue weighted by atomic mass is 127. The molecule has 2 rings (SSSR count). The number of nitrogens with one attached hydrogen (secondary N) is 1. The van der Waals surface area contributed by atoms with E-state index in [1.165, 1.54) is 25.9 Å². The van der Waals surface area contributed by atoms with E-state index < -0.39 is 0 Å². The molecule has 1 spiro atoms. The summed E-state index contributed by atoms with van der Waals surface area (Å²) in [5.41, 5.74) is 0.565. The third-order valence-electron chi connectivity index (χ3n) is 2.67. The molecule has 3 heteroatoms. The van der Waals surface area contributed by atoms with E-state index in [0.29, 0.717) is 5.41 Å². The van der Waals surface area contributed by atoms with Crippen LogP contribution < -0.4 is 5.32 Å². The van der Waals surface area contributed by atoms with Gasteiger partial charge in [-0.3, -0.25) is 0 Å². The predicted octanol–water partition coefficient (Wildman–Crippen LogP) is 1.19. The first-order valence-corrected chi connectivity index (χ1v) is 5.48. The molecule has 2 fully saturated rings. The zero-order valence-corrected chi connectivity index (χ0v) is 8.76. The Bertz CT molecular complexity index is 147. The Morgan fingerprint density at radius 3 is 2.91 bits per heavy atom. The molecule has 1 unspecified atom stereocenters. The molecule has 1 atom stereocenters. The molecule has 11 heavy (non-hydrogen) atoms. The normalized spacial score (nSPS) is 36.3. The fraction of sp³-hybridized carbons (Fsp3) is 1.00. The summed E-state index contributed by atoms with van der Waals surface area (Å²) < 4.78 is 6.09. The van der Waals surface area contributed by atoms with E-state index in [9.17, 15) is 0 Å². The zero-order chi connectivity index (χ0) is 7.73. The minimum atomic E-state index is 0.565. The highest BCUT2D eigenvalue weighted by Crippen LogP contribution is 2.38. The van der Waals surface area contributed by atoms with Gasteiger partial charge in [0.25, 0.3) is 0 Å². The molecule has 0 aliphatic carbocycles. The van der Waals surface area contributed by atoms with Crippen LogP contribution in [0.1, 0.15) is 12.8 Å². The lowest BCUT2D eigenvalue weighted by Crippen LogP contribution is -2.44. The van der Waals surface area contributed by atoms with E-state index in [0.717, 1.165) is 17.1 Å². The maximum Gasteiger partial charge on any atom is 0.0545 e. The monoisotopic (exact) mass is 267 g/mol. The van der Waals surface area contributed by atoms with Crippen molar-refractivity contribution in [2.24, 2.45) is 5.41 Å². The fourth-order valence-electron chi connectivity index (χ4n) is 1.91. The Kier molecular flexibility index (Phi) is 2.39. The second kappa shape index (κ2) is 3.18. The van der Waals surface area contributed by atoms with Gasteiger partial charge in [0, 0.05) is 15.9 Å². The van der Waals surface area contributed by atoms with Crippen LogP contribution in [0.25, 0.3) is 0 Å². The summed E-state index contributed by atoms with van der Waals surface area (Å²) in [5.74, 6) is 0. The number of alkyl halides is 1. The molecule has 2 heterocycles. The van der Waals surface area contributed by atoms with Crippen LogP contribution >= 0.6 is 22.6 Å². The van der Waals surface area contributed by atoms with Gasteiger partial charge in [-0.15, -0.1) is 0 Å². The zero-order valence-electron chi connectivity index (χ0n) is 6.61. The van der Waals surface area contributed by atoms with Crippen molar-refractivity contribution in [3.8, 4) is 0 Å². The van der Waals surface area contributed by atoms with Crippen LogP contribution in [-0.4, -0.2) is 30.2 Å². The predicted molar refractivity (Wildman–Crippen MR) is 53.2 cm³/mol. The van der Waals surface area contributed by atoms with Crippen molar-refractivity contribution in [2.45, 2.75) is 16.8 Å². The van der Waals surface area contributed by atoms with Gasteiger partial charge in [0.2, 0.25) is 0 Å². The summed E-state index contributed by atoms with van der Waals surface area (Å²) in [6.07, 6.45) is 2.66. The third kappa shape index (κ3) is 1.70. The summed E-state index contributed by atoms with van der Waals surface area (Å²) >= 11 is 2.55. The lowest BCUT2D eigenvalue weighted by molar-refractivity contribution is -0.117. The van der Waals surface area contributed by atoms with Crippen molar-refractivity contribution in [1.29, 1.82) is 0 Å². The Morgan fingerprint density at radius 2 is 2.27 bits per heavy atom. The Hall–Kier alpha value is 0.650. The van der Waals surface area contributed by atoms with Crippen LogP contribution in [0.15, 0.2) is 0 Å². The van der Waals surface area contributed by atoms with E-state index in [4.69, 9.17) is 4.74 Å². The van der Waals surface area contributed by atoms with Crippen LogP contribution in [0.4, 0.5) is 0 Å². The molecule has 0 radical (unpaired) electrons. The van der Waals surface area contributed by atoms with Gasteiger partial charge in [0.15, 0.2) is 0 Å². The summed E-state index contributed by atoms with van der Waals surface area (Å²) in [6, 6.07) is 0. The average Bonchev–Trinajstić information content (AvgIpc) is 2.09. The standard InChI is InChI=1S/C8H14INO/c9-7-3-8(5-11-6-8)1-2-10-4-7/h7,10H,1-6H2. The van der Waals surface area contributed by atoms with Crippen molar-refractivity contribution < 1.29 is 4.74 Å². The van der Waals surface area contributed by atoms with Crippen LogP contribution in [0.2, 0.25) is 0 Å². The Morgan fingerprint density at radius 1 is 1.45 bits per heavy atom. The second-order valence-corrected chi connectivity index (χ2v) is 5.51. The molecule has 2 nitrogen and oxygen atoms in total. The van der Waals surface area contributed by atoms with E-state index in [1.807, 2.05) is 0 Å². The molecule has 1 N–H and O–H groups in total. The largest absolute Gasteiger partial charge is 0.380 e. The summed E-state index contributed by atoms with van der Waals surface area (Å²) in [5, 5.41) is 3.46. The first-order valence-electron chi connectivity index (χ1n) is 4.23. The Labute approximate surface area is 81.2 Å². The van der Waals surface area contributed by atoms with Gasteiger partial charge in [0.05, 0.1) is 13.2 Å². The molecule has 0 aromatic heterocycles. The molecule has 0 amide bonds.